The summed E-state index contributed by atoms with van der Waals surface area (Å²) in [6, 6.07) is 0.176. The third kappa shape index (κ3) is 2.56. The molecule has 3 atom stereocenters. The van der Waals surface area contributed by atoms with Crippen LogP contribution in [0.3, 0.4) is 0 Å². The van der Waals surface area contributed by atoms with Crippen LogP contribution in [0.4, 0.5) is 0 Å². The highest BCUT2D eigenvalue weighted by molar-refractivity contribution is 7.09. The molecule has 2 N–H and O–H groups in total. The van der Waals surface area contributed by atoms with Gasteiger partial charge in [0.25, 0.3) is 0 Å². The van der Waals surface area contributed by atoms with Crippen molar-refractivity contribution in [2.75, 3.05) is 6.54 Å². The highest BCUT2D eigenvalue weighted by Gasteiger charge is 2.27. The molecule has 3 unspecified atom stereocenters. The van der Waals surface area contributed by atoms with Gasteiger partial charge in [-0.05, 0) is 32.2 Å². The molecular weight excluding hydrogens is 208 g/mol. The fourth-order valence-corrected chi connectivity index (χ4v) is 2.75. The second kappa shape index (κ2) is 4.60. The van der Waals surface area contributed by atoms with Gasteiger partial charge in [-0.3, -0.25) is 0 Å². The SMILES string of the molecule is Cc1nc(C(O)C2CC(C)CCN2)cs1. The number of nitrogens with one attached hydrogen (secondary N) is 1. The molecule has 0 amide bonds. The zero-order valence-electron chi connectivity index (χ0n) is 9.23. The number of aryl methyl sites for hydroxylation is 1. The van der Waals surface area contributed by atoms with Gasteiger partial charge in [0.1, 0.15) is 6.10 Å². The topological polar surface area (TPSA) is 45.2 Å². The molecular formula is C11H18N2OS. The van der Waals surface area contributed by atoms with E-state index in [2.05, 4.69) is 17.2 Å². The van der Waals surface area contributed by atoms with Crippen molar-refractivity contribution in [3.63, 3.8) is 0 Å². The molecule has 0 radical (unpaired) electrons. The second-order valence-corrected chi connectivity index (χ2v) is 5.49. The molecule has 2 heterocycles. The van der Waals surface area contributed by atoms with Gasteiger partial charge < -0.3 is 10.4 Å². The Morgan fingerprint density at radius 3 is 3.07 bits per heavy atom. The highest BCUT2D eigenvalue weighted by Crippen LogP contribution is 2.26. The van der Waals surface area contributed by atoms with Crippen molar-refractivity contribution in [3.8, 4) is 0 Å². The van der Waals surface area contributed by atoms with E-state index in [1.165, 1.54) is 6.42 Å². The standard InChI is InChI=1S/C11H18N2OS/c1-7-3-4-12-9(5-7)11(14)10-6-15-8(2)13-10/h6-7,9,11-12,14H,3-5H2,1-2H3. The lowest BCUT2D eigenvalue weighted by Crippen LogP contribution is -2.41. The average molecular weight is 226 g/mol. The smallest absolute Gasteiger partial charge is 0.112 e. The molecule has 1 saturated heterocycles. The van der Waals surface area contributed by atoms with Gasteiger partial charge in [0.2, 0.25) is 0 Å². The normalized spacial score (nSPS) is 29.0. The number of hydrogen-bond acceptors (Lipinski definition) is 4. The zero-order chi connectivity index (χ0) is 10.8. The van der Waals surface area contributed by atoms with Crippen molar-refractivity contribution in [2.45, 2.75) is 38.8 Å². The van der Waals surface area contributed by atoms with E-state index in [1.807, 2.05) is 12.3 Å². The Hall–Kier alpha value is -0.450. The predicted octanol–water partition coefficient (Wildman–Crippen LogP) is 1.87. The van der Waals surface area contributed by atoms with E-state index < -0.39 is 6.10 Å². The first kappa shape index (κ1) is 11.0. The van der Waals surface area contributed by atoms with Crippen molar-refractivity contribution in [3.05, 3.63) is 16.1 Å². The second-order valence-electron chi connectivity index (χ2n) is 4.43. The molecule has 1 aromatic rings. The van der Waals surface area contributed by atoms with Crippen molar-refractivity contribution >= 4 is 11.3 Å². The molecule has 1 aromatic heterocycles. The molecule has 0 saturated carbocycles. The molecule has 0 aliphatic carbocycles. The lowest BCUT2D eigenvalue weighted by Gasteiger charge is -2.30. The molecule has 2 rings (SSSR count). The molecule has 15 heavy (non-hydrogen) atoms. The summed E-state index contributed by atoms with van der Waals surface area (Å²) in [5, 5.41) is 16.5. The van der Waals surface area contributed by atoms with Gasteiger partial charge in [-0.25, -0.2) is 4.98 Å². The fraction of sp³-hybridized carbons (Fsp3) is 0.727. The maximum absolute atomic E-state index is 10.2. The lowest BCUT2D eigenvalue weighted by molar-refractivity contribution is 0.0982. The van der Waals surface area contributed by atoms with Crippen LogP contribution in [-0.2, 0) is 0 Å². The van der Waals surface area contributed by atoms with E-state index in [0.29, 0.717) is 5.92 Å². The Labute approximate surface area is 94.5 Å². The summed E-state index contributed by atoms with van der Waals surface area (Å²) in [5.74, 6) is 0.700. The predicted molar refractivity (Wildman–Crippen MR) is 62.0 cm³/mol. The van der Waals surface area contributed by atoms with Crippen molar-refractivity contribution in [2.24, 2.45) is 5.92 Å². The molecule has 0 spiro atoms. The number of aliphatic hydroxyl groups excluding tert-OH is 1. The Morgan fingerprint density at radius 2 is 2.47 bits per heavy atom. The van der Waals surface area contributed by atoms with E-state index in [9.17, 15) is 5.11 Å². The maximum atomic E-state index is 10.2. The molecule has 4 heteroatoms. The quantitative estimate of drug-likeness (QED) is 0.809. The lowest BCUT2D eigenvalue weighted by atomic mass is 9.90. The number of hydrogen-bond donors (Lipinski definition) is 2. The first-order valence-corrected chi connectivity index (χ1v) is 6.38. The zero-order valence-corrected chi connectivity index (χ0v) is 10.0. The van der Waals surface area contributed by atoms with Gasteiger partial charge in [-0.2, -0.15) is 0 Å². The van der Waals surface area contributed by atoms with E-state index >= 15 is 0 Å². The van der Waals surface area contributed by atoms with Gasteiger partial charge in [0.15, 0.2) is 0 Å². The third-order valence-electron chi connectivity index (χ3n) is 3.02. The number of aliphatic hydroxyl groups is 1. The summed E-state index contributed by atoms with van der Waals surface area (Å²) in [4.78, 5) is 4.34. The molecule has 1 aliphatic rings. The summed E-state index contributed by atoms with van der Waals surface area (Å²) in [7, 11) is 0. The molecule has 0 aromatic carbocycles. The van der Waals surface area contributed by atoms with Gasteiger partial charge in [0.05, 0.1) is 10.7 Å². The van der Waals surface area contributed by atoms with Crippen LogP contribution in [0, 0.1) is 12.8 Å². The van der Waals surface area contributed by atoms with Crippen molar-refractivity contribution in [1.29, 1.82) is 0 Å². The number of thiazole rings is 1. The summed E-state index contributed by atoms with van der Waals surface area (Å²) in [6.45, 7) is 5.22. The summed E-state index contributed by atoms with van der Waals surface area (Å²) in [5.41, 5.74) is 0.823. The Balaban J connectivity index is 2.03. The Morgan fingerprint density at radius 1 is 1.67 bits per heavy atom. The minimum atomic E-state index is -0.447. The molecule has 84 valence electrons. The third-order valence-corrected chi connectivity index (χ3v) is 3.81. The van der Waals surface area contributed by atoms with Gasteiger partial charge in [0, 0.05) is 11.4 Å². The van der Waals surface area contributed by atoms with Crippen molar-refractivity contribution < 1.29 is 5.11 Å². The van der Waals surface area contributed by atoms with Crippen LogP contribution in [-0.4, -0.2) is 22.7 Å². The Bertz CT molecular complexity index is 326. The van der Waals surface area contributed by atoms with E-state index in [4.69, 9.17) is 0 Å². The van der Waals surface area contributed by atoms with Crippen LogP contribution in [0.15, 0.2) is 5.38 Å². The first-order valence-electron chi connectivity index (χ1n) is 5.50. The monoisotopic (exact) mass is 226 g/mol. The Kier molecular flexibility index (Phi) is 3.38. The summed E-state index contributed by atoms with van der Waals surface area (Å²) >= 11 is 1.60. The molecule has 1 aliphatic heterocycles. The van der Waals surface area contributed by atoms with Crippen LogP contribution in [0.2, 0.25) is 0 Å². The number of rotatable bonds is 2. The largest absolute Gasteiger partial charge is 0.385 e. The van der Waals surface area contributed by atoms with Gasteiger partial charge >= 0.3 is 0 Å². The minimum absolute atomic E-state index is 0.176. The van der Waals surface area contributed by atoms with Crippen LogP contribution >= 0.6 is 11.3 Å². The highest BCUT2D eigenvalue weighted by atomic mass is 32.1. The minimum Gasteiger partial charge on any atom is -0.385 e. The molecule has 0 bridgehead atoms. The first-order chi connectivity index (χ1) is 7.16. The van der Waals surface area contributed by atoms with Crippen LogP contribution < -0.4 is 5.32 Å². The van der Waals surface area contributed by atoms with Gasteiger partial charge in [-0.15, -0.1) is 11.3 Å². The molecule has 1 fully saturated rings. The van der Waals surface area contributed by atoms with Crippen LogP contribution in [0.25, 0.3) is 0 Å². The van der Waals surface area contributed by atoms with E-state index in [0.717, 1.165) is 23.7 Å². The fourth-order valence-electron chi connectivity index (χ4n) is 2.11. The van der Waals surface area contributed by atoms with Crippen LogP contribution in [0.5, 0.6) is 0 Å². The number of aromatic nitrogens is 1. The number of piperidine rings is 1. The maximum Gasteiger partial charge on any atom is 0.112 e. The van der Waals surface area contributed by atoms with E-state index in [1.54, 1.807) is 11.3 Å². The van der Waals surface area contributed by atoms with Crippen molar-refractivity contribution in [1.82, 2.24) is 10.3 Å². The van der Waals surface area contributed by atoms with Gasteiger partial charge in [-0.1, -0.05) is 6.92 Å². The summed E-state index contributed by atoms with van der Waals surface area (Å²) < 4.78 is 0. The number of nitrogens with zero attached hydrogens (tertiary/aromatic N) is 1. The summed E-state index contributed by atoms with van der Waals surface area (Å²) in [6.07, 6.45) is 1.80. The van der Waals surface area contributed by atoms with E-state index in [-0.39, 0.29) is 6.04 Å². The molecule has 3 nitrogen and oxygen atoms in total. The average Bonchev–Trinajstić information content (AvgIpc) is 2.64. The van der Waals surface area contributed by atoms with Crippen LogP contribution in [0.1, 0.15) is 36.6 Å².